The van der Waals surface area contributed by atoms with Gasteiger partial charge in [0, 0.05) is 38.4 Å². The molecular weight excluding hydrogens is 298 g/mol. The highest BCUT2D eigenvalue weighted by atomic mass is 15.3. The van der Waals surface area contributed by atoms with E-state index in [2.05, 4.69) is 33.1 Å². The van der Waals surface area contributed by atoms with E-state index < -0.39 is 0 Å². The lowest BCUT2D eigenvalue weighted by atomic mass is 10.2. The second-order valence-corrected chi connectivity index (χ2v) is 7.28. The summed E-state index contributed by atoms with van der Waals surface area (Å²) in [7, 11) is 0. The molecule has 2 fully saturated rings. The molecule has 3 heterocycles. The van der Waals surface area contributed by atoms with Crippen molar-refractivity contribution in [2.75, 3.05) is 42.9 Å². The summed E-state index contributed by atoms with van der Waals surface area (Å²) in [6.07, 6.45) is 12.3. The summed E-state index contributed by atoms with van der Waals surface area (Å²) in [6.45, 7) is 8.09. The number of nitrogens with zero attached hydrogens (tertiary/aromatic N) is 4. The minimum atomic E-state index is 0.492. The van der Waals surface area contributed by atoms with Crippen LogP contribution in [0.4, 0.5) is 11.8 Å². The summed E-state index contributed by atoms with van der Waals surface area (Å²) in [4.78, 5) is 14.2. The second kappa shape index (κ2) is 9.21. The van der Waals surface area contributed by atoms with Gasteiger partial charge in [-0.3, -0.25) is 0 Å². The summed E-state index contributed by atoms with van der Waals surface area (Å²) in [5.41, 5.74) is 0. The number of nitrogens with one attached hydrogen (secondary N) is 1. The van der Waals surface area contributed by atoms with Crippen LogP contribution in [0.25, 0.3) is 0 Å². The molecule has 0 radical (unpaired) electrons. The average Bonchev–Trinajstić information content (AvgIpc) is 2.87. The first kappa shape index (κ1) is 17.5. The normalized spacial score (nSPS) is 22.5. The lowest BCUT2D eigenvalue weighted by Crippen LogP contribution is -2.28. The van der Waals surface area contributed by atoms with Crippen LogP contribution in [0.2, 0.25) is 0 Å². The van der Waals surface area contributed by atoms with Crippen LogP contribution in [-0.2, 0) is 0 Å². The van der Waals surface area contributed by atoms with Crippen molar-refractivity contribution in [1.29, 1.82) is 0 Å². The minimum Gasteiger partial charge on any atom is -0.356 e. The molecule has 134 valence electrons. The number of hydrogen-bond acceptors (Lipinski definition) is 5. The van der Waals surface area contributed by atoms with Crippen LogP contribution in [0.1, 0.15) is 58.3 Å². The molecule has 1 atom stereocenters. The van der Waals surface area contributed by atoms with Crippen LogP contribution in [0.5, 0.6) is 0 Å². The fourth-order valence-electron chi connectivity index (χ4n) is 3.82. The molecule has 0 aromatic carbocycles. The van der Waals surface area contributed by atoms with Crippen molar-refractivity contribution >= 4 is 11.8 Å². The molecule has 1 N–H and O–H groups in total. The van der Waals surface area contributed by atoms with Gasteiger partial charge in [-0.25, -0.2) is 4.98 Å². The first-order valence-corrected chi connectivity index (χ1v) is 9.92. The van der Waals surface area contributed by atoms with Gasteiger partial charge in [0.05, 0.1) is 0 Å². The third-order valence-corrected chi connectivity index (χ3v) is 5.25. The molecule has 1 aromatic heterocycles. The summed E-state index contributed by atoms with van der Waals surface area (Å²) in [6, 6.07) is 2.55. The van der Waals surface area contributed by atoms with Gasteiger partial charge >= 0.3 is 0 Å². The van der Waals surface area contributed by atoms with E-state index >= 15 is 0 Å². The monoisotopic (exact) mass is 331 g/mol. The van der Waals surface area contributed by atoms with E-state index in [1.165, 1.54) is 64.5 Å². The van der Waals surface area contributed by atoms with Crippen LogP contribution in [-0.4, -0.2) is 53.6 Å². The molecule has 5 heteroatoms. The molecule has 0 amide bonds. The first-order chi connectivity index (χ1) is 11.8. The minimum absolute atomic E-state index is 0.492. The maximum absolute atomic E-state index is 4.79. The molecule has 2 aliphatic rings. The number of aromatic nitrogens is 2. The molecule has 0 saturated carbocycles. The molecule has 0 bridgehead atoms. The zero-order valence-electron chi connectivity index (χ0n) is 15.2. The quantitative estimate of drug-likeness (QED) is 0.774. The second-order valence-electron chi connectivity index (χ2n) is 7.28. The van der Waals surface area contributed by atoms with Gasteiger partial charge in [-0.05, 0) is 38.3 Å². The Morgan fingerprint density at radius 1 is 1.12 bits per heavy atom. The number of unbranched alkanes of at least 4 members (excludes halogenated alkanes) is 2. The summed E-state index contributed by atoms with van der Waals surface area (Å²) >= 11 is 0. The highest BCUT2D eigenvalue weighted by Gasteiger charge is 2.22. The van der Waals surface area contributed by atoms with Gasteiger partial charge in [-0.2, -0.15) is 4.98 Å². The Morgan fingerprint density at radius 3 is 2.75 bits per heavy atom. The van der Waals surface area contributed by atoms with Crippen LogP contribution < -0.4 is 10.2 Å². The molecule has 2 aliphatic heterocycles. The maximum Gasteiger partial charge on any atom is 0.224 e. The highest BCUT2D eigenvalue weighted by molar-refractivity contribution is 5.43. The summed E-state index contributed by atoms with van der Waals surface area (Å²) < 4.78 is 0. The Kier molecular flexibility index (Phi) is 6.70. The standard InChI is InChI=1S/C19H33N5/c1-2-3-6-12-23-15-10-17(16-23)21-19-20-11-9-18(22-19)24-13-7-4-5-8-14-24/h9,11,17H,2-8,10,12-16H2,1H3,(H,20,21,22). The van der Waals surface area contributed by atoms with Crippen molar-refractivity contribution < 1.29 is 0 Å². The van der Waals surface area contributed by atoms with Gasteiger partial charge in [-0.15, -0.1) is 0 Å². The number of anilines is 2. The third-order valence-electron chi connectivity index (χ3n) is 5.25. The van der Waals surface area contributed by atoms with Gasteiger partial charge in [0.15, 0.2) is 0 Å². The number of rotatable bonds is 7. The topological polar surface area (TPSA) is 44.3 Å². The molecule has 24 heavy (non-hydrogen) atoms. The van der Waals surface area contributed by atoms with Crippen LogP contribution in [0, 0.1) is 0 Å². The lowest BCUT2D eigenvalue weighted by molar-refractivity contribution is 0.327. The Morgan fingerprint density at radius 2 is 1.96 bits per heavy atom. The molecule has 2 saturated heterocycles. The van der Waals surface area contributed by atoms with Crippen LogP contribution in [0.15, 0.2) is 12.3 Å². The van der Waals surface area contributed by atoms with E-state index in [-0.39, 0.29) is 0 Å². The first-order valence-electron chi connectivity index (χ1n) is 9.92. The summed E-state index contributed by atoms with van der Waals surface area (Å²) in [5, 5.41) is 3.57. The number of likely N-dealkylation sites (tertiary alicyclic amines) is 1. The molecule has 5 nitrogen and oxygen atoms in total. The zero-order chi connectivity index (χ0) is 16.6. The fourth-order valence-corrected chi connectivity index (χ4v) is 3.82. The predicted molar refractivity (Wildman–Crippen MR) is 101 cm³/mol. The lowest BCUT2D eigenvalue weighted by Gasteiger charge is -2.22. The Labute approximate surface area is 146 Å². The molecule has 0 aliphatic carbocycles. The van der Waals surface area contributed by atoms with Gasteiger partial charge in [0.1, 0.15) is 5.82 Å². The Hall–Kier alpha value is -1.36. The number of hydrogen-bond donors (Lipinski definition) is 1. The average molecular weight is 332 g/mol. The van der Waals surface area contributed by atoms with Gasteiger partial charge in [0.25, 0.3) is 0 Å². The third kappa shape index (κ3) is 5.07. The van der Waals surface area contributed by atoms with E-state index in [9.17, 15) is 0 Å². The Balaban J connectivity index is 1.51. The Bertz CT molecular complexity index is 484. The molecule has 1 unspecified atom stereocenters. The molecule has 3 rings (SSSR count). The van der Waals surface area contributed by atoms with Crippen molar-refractivity contribution in [3.05, 3.63) is 12.3 Å². The highest BCUT2D eigenvalue weighted by Crippen LogP contribution is 2.19. The van der Waals surface area contributed by atoms with Crippen molar-refractivity contribution in [3.63, 3.8) is 0 Å². The summed E-state index contributed by atoms with van der Waals surface area (Å²) in [5.74, 6) is 1.89. The van der Waals surface area contributed by atoms with Gasteiger partial charge < -0.3 is 15.1 Å². The van der Waals surface area contributed by atoms with Crippen molar-refractivity contribution in [1.82, 2.24) is 14.9 Å². The van der Waals surface area contributed by atoms with E-state index in [1.54, 1.807) is 0 Å². The van der Waals surface area contributed by atoms with E-state index in [1.807, 2.05) is 6.20 Å². The zero-order valence-corrected chi connectivity index (χ0v) is 15.2. The molecular formula is C19H33N5. The predicted octanol–water partition coefficient (Wildman–Crippen LogP) is 3.53. The van der Waals surface area contributed by atoms with E-state index in [0.717, 1.165) is 31.4 Å². The van der Waals surface area contributed by atoms with Gasteiger partial charge in [-0.1, -0.05) is 32.6 Å². The smallest absolute Gasteiger partial charge is 0.224 e. The SMILES string of the molecule is CCCCCN1CCC(Nc2nccc(N3CCCCCC3)n2)C1. The maximum atomic E-state index is 4.79. The molecule has 1 aromatic rings. The van der Waals surface area contributed by atoms with Gasteiger partial charge in [0.2, 0.25) is 5.95 Å². The van der Waals surface area contributed by atoms with E-state index in [4.69, 9.17) is 4.98 Å². The fraction of sp³-hybridized carbons (Fsp3) is 0.789. The molecule has 0 spiro atoms. The van der Waals surface area contributed by atoms with Crippen molar-refractivity contribution in [2.45, 2.75) is 64.3 Å². The van der Waals surface area contributed by atoms with Crippen LogP contribution >= 0.6 is 0 Å². The van der Waals surface area contributed by atoms with E-state index in [0.29, 0.717) is 6.04 Å². The van der Waals surface area contributed by atoms with Crippen molar-refractivity contribution in [2.24, 2.45) is 0 Å². The van der Waals surface area contributed by atoms with Crippen molar-refractivity contribution in [3.8, 4) is 0 Å². The van der Waals surface area contributed by atoms with Crippen LogP contribution in [0.3, 0.4) is 0 Å². The largest absolute Gasteiger partial charge is 0.356 e.